The maximum absolute atomic E-state index is 8.27. The number of unbranched alkanes of at least 4 members (excludes halogenated alkanes) is 2. The Morgan fingerprint density at radius 2 is 2.22 bits per heavy atom. The average molecular weight is 125 g/mol. The summed E-state index contributed by atoms with van der Waals surface area (Å²) in [6, 6.07) is 2.05. The SMILES string of the molecule is N#CCCC/C=C/CO. The van der Waals surface area contributed by atoms with E-state index < -0.39 is 0 Å². The van der Waals surface area contributed by atoms with Gasteiger partial charge in [0, 0.05) is 6.42 Å². The van der Waals surface area contributed by atoms with E-state index in [9.17, 15) is 0 Å². The molecule has 0 aliphatic rings. The van der Waals surface area contributed by atoms with Crippen LogP contribution < -0.4 is 0 Å². The zero-order chi connectivity index (χ0) is 6.95. The Hall–Kier alpha value is -0.810. The lowest BCUT2D eigenvalue weighted by Crippen LogP contribution is -1.72. The second kappa shape index (κ2) is 7.19. The number of rotatable bonds is 4. The number of allylic oxidation sites excluding steroid dienone is 1. The van der Waals surface area contributed by atoms with Gasteiger partial charge in [-0.15, -0.1) is 0 Å². The first kappa shape index (κ1) is 8.19. The molecule has 9 heavy (non-hydrogen) atoms. The molecule has 2 nitrogen and oxygen atoms in total. The lowest BCUT2D eigenvalue weighted by Gasteiger charge is -1.84. The largest absolute Gasteiger partial charge is 0.392 e. The van der Waals surface area contributed by atoms with Gasteiger partial charge in [0.15, 0.2) is 0 Å². The molecule has 0 rings (SSSR count). The van der Waals surface area contributed by atoms with Crippen LogP contribution in [0.4, 0.5) is 0 Å². The monoisotopic (exact) mass is 125 g/mol. The topological polar surface area (TPSA) is 44.0 Å². The maximum Gasteiger partial charge on any atom is 0.0621 e. The van der Waals surface area contributed by atoms with E-state index >= 15 is 0 Å². The summed E-state index contributed by atoms with van der Waals surface area (Å²) in [4.78, 5) is 0. The minimum absolute atomic E-state index is 0.104. The maximum atomic E-state index is 8.27. The fourth-order valence-corrected chi connectivity index (χ4v) is 0.491. The minimum atomic E-state index is 0.104. The van der Waals surface area contributed by atoms with E-state index in [4.69, 9.17) is 10.4 Å². The lowest BCUT2D eigenvalue weighted by molar-refractivity contribution is 0.342. The molecule has 0 aromatic carbocycles. The van der Waals surface area contributed by atoms with E-state index in [0.29, 0.717) is 6.42 Å². The Morgan fingerprint density at radius 1 is 1.44 bits per heavy atom. The van der Waals surface area contributed by atoms with Gasteiger partial charge in [0.2, 0.25) is 0 Å². The van der Waals surface area contributed by atoms with Crippen molar-refractivity contribution in [2.75, 3.05) is 6.61 Å². The minimum Gasteiger partial charge on any atom is -0.392 e. The van der Waals surface area contributed by atoms with Crippen molar-refractivity contribution in [2.45, 2.75) is 19.3 Å². The van der Waals surface area contributed by atoms with Crippen molar-refractivity contribution in [3.63, 3.8) is 0 Å². The predicted molar refractivity (Wildman–Crippen MR) is 35.7 cm³/mol. The van der Waals surface area contributed by atoms with Crippen molar-refractivity contribution in [1.82, 2.24) is 0 Å². The van der Waals surface area contributed by atoms with E-state index in [2.05, 4.69) is 0 Å². The molecule has 0 amide bonds. The summed E-state index contributed by atoms with van der Waals surface area (Å²) in [7, 11) is 0. The average Bonchev–Trinajstić information content (AvgIpc) is 1.89. The van der Waals surface area contributed by atoms with Gasteiger partial charge in [-0.1, -0.05) is 12.2 Å². The van der Waals surface area contributed by atoms with E-state index in [1.54, 1.807) is 6.08 Å². The highest BCUT2D eigenvalue weighted by Gasteiger charge is 1.79. The molecule has 0 aromatic rings. The summed E-state index contributed by atoms with van der Waals surface area (Å²) in [5, 5.41) is 16.4. The van der Waals surface area contributed by atoms with Crippen molar-refractivity contribution in [2.24, 2.45) is 0 Å². The molecule has 0 fully saturated rings. The van der Waals surface area contributed by atoms with Gasteiger partial charge in [-0.25, -0.2) is 0 Å². The first-order valence-corrected chi connectivity index (χ1v) is 3.04. The summed E-state index contributed by atoms with van der Waals surface area (Å²) in [6.45, 7) is 0.104. The van der Waals surface area contributed by atoms with Crippen LogP contribution in [0.25, 0.3) is 0 Å². The zero-order valence-electron chi connectivity index (χ0n) is 5.38. The molecule has 0 saturated heterocycles. The van der Waals surface area contributed by atoms with Gasteiger partial charge in [0.25, 0.3) is 0 Å². The Balaban J connectivity index is 2.92. The fraction of sp³-hybridized carbons (Fsp3) is 0.571. The molecule has 0 saturated carbocycles. The molecule has 0 atom stereocenters. The number of nitriles is 1. The smallest absolute Gasteiger partial charge is 0.0621 e. The van der Waals surface area contributed by atoms with Crippen LogP contribution in [0.3, 0.4) is 0 Å². The fourth-order valence-electron chi connectivity index (χ4n) is 0.491. The summed E-state index contributed by atoms with van der Waals surface area (Å²) in [5.41, 5.74) is 0. The van der Waals surface area contributed by atoms with E-state index in [0.717, 1.165) is 12.8 Å². The highest BCUT2D eigenvalue weighted by atomic mass is 16.2. The quantitative estimate of drug-likeness (QED) is 0.453. The predicted octanol–water partition coefficient (Wildman–Crippen LogP) is 1.23. The van der Waals surface area contributed by atoms with Gasteiger partial charge in [0.05, 0.1) is 12.7 Å². The molecule has 0 radical (unpaired) electrons. The summed E-state index contributed by atoms with van der Waals surface area (Å²) in [5.74, 6) is 0. The van der Waals surface area contributed by atoms with E-state index in [1.165, 1.54) is 0 Å². The normalized spacial score (nSPS) is 9.78. The van der Waals surface area contributed by atoms with Gasteiger partial charge in [-0.2, -0.15) is 5.26 Å². The summed E-state index contributed by atoms with van der Waals surface area (Å²) >= 11 is 0. The van der Waals surface area contributed by atoms with Crippen molar-refractivity contribution in [3.05, 3.63) is 12.2 Å². The van der Waals surface area contributed by atoms with Gasteiger partial charge in [0.1, 0.15) is 0 Å². The highest BCUT2D eigenvalue weighted by Crippen LogP contribution is 1.93. The van der Waals surface area contributed by atoms with E-state index in [-0.39, 0.29) is 6.61 Å². The highest BCUT2D eigenvalue weighted by molar-refractivity contribution is 4.82. The molecule has 0 unspecified atom stereocenters. The number of nitrogens with zero attached hydrogens (tertiary/aromatic N) is 1. The van der Waals surface area contributed by atoms with Crippen LogP contribution in [0.5, 0.6) is 0 Å². The zero-order valence-corrected chi connectivity index (χ0v) is 5.38. The van der Waals surface area contributed by atoms with Crippen molar-refractivity contribution in [1.29, 1.82) is 5.26 Å². The molecule has 1 N–H and O–H groups in total. The number of hydrogen-bond acceptors (Lipinski definition) is 2. The molecule has 0 aromatic heterocycles. The number of hydrogen-bond donors (Lipinski definition) is 1. The molecule has 0 bridgehead atoms. The molecule has 0 aliphatic carbocycles. The van der Waals surface area contributed by atoms with Crippen LogP contribution in [0.2, 0.25) is 0 Å². The van der Waals surface area contributed by atoms with Crippen molar-refractivity contribution >= 4 is 0 Å². The number of aliphatic hydroxyl groups excluding tert-OH is 1. The Labute approximate surface area is 55.4 Å². The Morgan fingerprint density at radius 3 is 2.78 bits per heavy atom. The van der Waals surface area contributed by atoms with Crippen LogP contribution in [0.1, 0.15) is 19.3 Å². The molecular weight excluding hydrogens is 114 g/mol. The standard InChI is InChI=1S/C7H11NO/c8-6-4-2-1-3-5-7-9/h3,5,9H,1-2,4,7H2/b5-3+. The summed E-state index contributed by atoms with van der Waals surface area (Å²) < 4.78 is 0. The lowest BCUT2D eigenvalue weighted by atomic mass is 10.2. The summed E-state index contributed by atoms with van der Waals surface area (Å²) in [6.07, 6.45) is 5.98. The second-order valence-electron chi connectivity index (χ2n) is 1.70. The van der Waals surface area contributed by atoms with Crippen molar-refractivity contribution in [3.8, 4) is 6.07 Å². The molecule has 50 valence electrons. The number of aliphatic hydroxyl groups is 1. The Bertz CT molecular complexity index is 113. The van der Waals surface area contributed by atoms with E-state index in [1.807, 2.05) is 12.1 Å². The van der Waals surface area contributed by atoms with Crippen LogP contribution in [-0.4, -0.2) is 11.7 Å². The van der Waals surface area contributed by atoms with Crippen LogP contribution in [-0.2, 0) is 0 Å². The van der Waals surface area contributed by atoms with Gasteiger partial charge < -0.3 is 5.11 Å². The van der Waals surface area contributed by atoms with Crippen molar-refractivity contribution < 1.29 is 5.11 Å². The third-order valence-corrected chi connectivity index (χ3v) is 0.931. The Kier molecular flexibility index (Phi) is 6.54. The molecule has 0 spiro atoms. The van der Waals surface area contributed by atoms with Gasteiger partial charge in [-0.05, 0) is 12.8 Å². The first-order chi connectivity index (χ1) is 4.41. The third-order valence-electron chi connectivity index (χ3n) is 0.931. The molecule has 0 heterocycles. The molecule has 0 aliphatic heterocycles. The van der Waals surface area contributed by atoms with Crippen LogP contribution in [0.15, 0.2) is 12.2 Å². The van der Waals surface area contributed by atoms with Gasteiger partial charge in [-0.3, -0.25) is 0 Å². The first-order valence-electron chi connectivity index (χ1n) is 3.04. The third kappa shape index (κ3) is 7.19. The molecular formula is C7H11NO. The second-order valence-corrected chi connectivity index (χ2v) is 1.70. The van der Waals surface area contributed by atoms with Crippen LogP contribution >= 0.6 is 0 Å². The molecule has 2 heteroatoms. The van der Waals surface area contributed by atoms with Gasteiger partial charge >= 0.3 is 0 Å². The van der Waals surface area contributed by atoms with Crippen LogP contribution in [0, 0.1) is 11.3 Å².